The Labute approximate surface area is 212 Å². The number of likely N-dealkylation sites (tertiary alicyclic amines) is 1. The van der Waals surface area contributed by atoms with Gasteiger partial charge in [-0.1, -0.05) is 51.3 Å². The number of ether oxygens (including phenoxy) is 2. The highest BCUT2D eigenvalue weighted by molar-refractivity contribution is 6.02. The molecule has 1 spiro atoms. The molecule has 3 heterocycles. The zero-order valence-corrected chi connectivity index (χ0v) is 21.4. The van der Waals surface area contributed by atoms with E-state index in [2.05, 4.69) is 24.5 Å². The van der Waals surface area contributed by atoms with Gasteiger partial charge < -0.3 is 25.0 Å². The molecule has 5 rings (SSSR count). The molecular formula is C28H37N3O5. The topological polar surface area (TPSA) is 97.0 Å². The van der Waals surface area contributed by atoms with Crippen LogP contribution >= 0.6 is 0 Å². The number of fused-ring (bicyclic) bond motifs is 1. The summed E-state index contributed by atoms with van der Waals surface area (Å²) < 4.78 is 11.7. The molecule has 36 heavy (non-hydrogen) atoms. The average Bonchev–Trinajstić information content (AvgIpc) is 3.50. The first-order valence-electron chi connectivity index (χ1n) is 13.3. The minimum absolute atomic E-state index is 0.124. The second-order valence-electron chi connectivity index (χ2n) is 11.0. The monoisotopic (exact) mass is 495 g/mol. The quantitative estimate of drug-likeness (QED) is 0.540. The van der Waals surface area contributed by atoms with Gasteiger partial charge in [0.2, 0.25) is 17.7 Å². The highest BCUT2D eigenvalue weighted by Gasteiger charge is 2.72. The number of benzene rings is 1. The van der Waals surface area contributed by atoms with Crippen LogP contribution in [0, 0.1) is 17.8 Å². The van der Waals surface area contributed by atoms with Crippen LogP contribution in [0.4, 0.5) is 5.69 Å². The molecule has 4 aliphatic rings. The molecule has 3 aliphatic heterocycles. The molecular weight excluding hydrogens is 458 g/mol. The van der Waals surface area contributed by atoms with Crippen LogP contribution in [-0.4, -0.2) is 60.1 Å². The Morgan fingerprint density at radius 1 is 1.19 bits per heavy atom. The fourth-order valence-corrected chi connectivity index (χ4v) is 6.36. The van der Waals surface area contributed by atoms with Gasteiger partial charge in [-0.15, -0.1) is 0 Å². The van der Waals surface area contributed by atoms with Crippen LogP contribution in [0.2, 0.25) is 0 Å². The van der Waals surface area contributed by atoms with E-state index in [9.17, 15) is 14.4 Å². The van der Waals surface area contributed by atoms with Crippen molar-refractivity contribution in [3.05, 3.63) is 36.4 Å². The third-order valence-corrected chi connectivity index (χ3v) is 8.16. The lowest BCUT2D eigenvalue weighted by Crippen LogP contribution is -2.56. The molecule has 0 radical (unpaired) electrons. The minimum Gasteiger partial charge on any atom is -0.497 e. The van der Waals surface area contributed by atoms with E-state index in [0.29, 0.717) is 23.9 Å². The fourth-order valence-electron chi connectivity index (χ4n) is 6.36. The van der Waals surface area contributed by atoms with Gasteiger partial charge in [-0.3, -0.25) is 14.4 Å². The van der Waals surface area contributed by atoms with Crippen molar-refractivity contribution in [1.82, 2.24) is 10.2 Å². The molecule has 2 saturated heterocycles. The molecule has 5 atom stereocenters. The molecule has 194 valence electrons. The van der Waals surface area contributed by atoms with Gasteiger partial charge in [-0.05, 0) is 37.3 Å². The summed E-state index contributed by atoms with van der Waals surface area (Å²) in [6, 6.07) is 6.48. The number of hydrogen-bond donors (Lipinski definition) is 2. The molecule has 8 heteroatoms. The lowest BCUT2D eigenvalue weighted by atomic mass is 9.74. The number of rotatable bonds is 8. The van der Waals surface area contributed by atoms with Crippen LogP contribution in [0.1, 0.15) is 52.4 Å². The number of carbonyl (C=O) groups excluding carboxylic acids is 3. The second-order valence-corrected chi connectivity index (χ2v) is 11.0. The third kappa shape index (κ3) is 4.29. The van der Waals surface area contributed by atoms with Gasteiger partial charge in [0.15, 0.2) is 0 Å². The Kier molecular flexibility index (Phi) is 6.81. The van der Waals surface area contributed by atoms with Crippen LogP contribution < -0.4 is 15.4 Å². The first-order valence-corrected chi connectivity index (χ1v) is 13.3. The number of anilines is 1. The van der Waals surface area contributed by atoms with Gasteiger partial charge >= 0.3 is 0 Å². The lowest BCUT2D eigenvalue weighted by Gasteiger charge is -2.34. The normalized spacial score (nSPS) is 31.1. The number of hydrogen-bond acceptors (Lipinski definition) is 5. The van der Waals surface area contributed by atoms with E-state index in [1.807, 2.05) is 12.2 Å². The Morgan fingerprint density at radius 3 is 2.69 bits per heavy atom. The third-order valence-electron chi connectivity index (χ3n) is 8.16. The largest absolute Gasteiger partial charge is 0.497 e. The van der Waals surface area contributed by atoms with Crippen LogP contribution in [0.15, 0.2) is 36.4 Å². The van der Waals surface area contributed by atoms with E-state index in [-0.39, 0.29) is 23.8 Å². The van der Waals surface area contributed by atoms with E-state index < -0.39 is 29.6 Å². The number of amides is 3. The number of nitrogens with zero attached hydrogens (tertiary/aromatic N) is 1. The van der Waals surface area contributed by atoms with Gasteiger partial charge in [0.05, 0.1) is 25.0 Å². The van der Waals surface area contributed by atoms with Gasteiger partial charge in [-0.25, -0.2) is 0 Å². The molecule has 1 aliphatic carbocycles. The Morgan fingerprint density at radius 2 is 1.97 bits per heavy atom. The molecule has 0 unspecified atom stereocenters. The van der Waals surface area contributed by atoms with E-state index in [1.54, 1.807) is 36.3 Å². The molecule has 2 N–H and O–H groups in total. The summed E-state index contributed by atoms with van der Waals surface area (Å²) in [5, 5.41) is 6.17. The smallest absolute Gasteiger partial charge is 0.246 e. The Hall–Kier alpha value is -2.87. The molecule has 1 aromatic carbocycles. The van der Waals surface area contributed by atoms with Gasteiger partial charge in [0, 0.05) is 24.3 Å². The Bertz CT molecular complexity index is 1050. The van der Waals surface area contributed by atoms with Gasteiger partial charge in [-0.2, -0.15) is 0 Å². The molecule has 3 amide bonds. The molecule has 1 aromatic rings. The standard InChI is InChI=1S/C28H37N3O5/c1-17(2)13-15-31-24(26(33)29-18-8-5-4-6-9-18)28-14-12-21(36-28)22(23(28)27(31)34)25(32)30-19-10-7-11-20(16-19)35-3/h7,10-12,14,16-18,21-24H,4-6,8-9,13,15H2,1-3H3,(H,29,33)(H,30,32)/t21-,22-,23-,24+,28-/m0/s1. The van der Waals surface area contributed by atoms with Gasteiger partial charge in [0.1, 0.15) is 17.4 Å². The van der Waals surface area contributed by atoms with Crippen molar-refractivity contribution in [3.63, 3.8) is 0 Å². The lowest BCUT2D eigenvalue weighted by molar-refractivity contribution is -0.141. The highest BCUT2D eigenvalue weighted by Crippen LogP contribution is 2.55. The van der Waals surface area contributed by atoms with Gasteiger partial charge in [0.25, 0.3) is 0 Å². The van der Waals surface area contributed by atoms with E-state index in [1.165, 1.54) is 6.42 Å². The number of carbonyl (C=O) groups is 3. The fraction of sp³-hybridized carbons (Fsp3) is 0.607. The minimum atomic E-state index is -1.12. The summed E-state index contributed by atoms with van der Waals surface area (Å²) in [4.78, 5) is 42.8. The predicted molar refractivity (Wildman–Crippen MR) is 135 cm³/mol. The summed E-state index contributed by atoms with van der Waals surface area (Å²) >= 11 is 0. The zero-order valence-electron chi connectivity index (χ0n) is 21.4. The summed E-state index contributed by atoms with van der Waals surface area (Å²) in [7, 11) is 1.57. The first-order chi connectivity index (χ1) is 17.3. The van der Waals surface area contributed by atoms with Crippen molar-refractivity contribution < 1.29 is 23.9 Å². The maximum Gasteiger partial charge on any atom is 0.246 e. The van der Waals surface area contributed by atoms with Crippen LogP contribution in [0.3, 0.4) is 0 Å². The summed E-state index contributed by atoms with van der Waals surface area (Å²) in [5.74, 6) is -1.05. The maximum atomic E-state index is 13.9. The summed E-state index contributed by atoms with van der Waals surface area (Å²) in [6.07, 6.45) is 9.27. The second kappa shape index (κ2) is 9.88. The molecule has 1 saturated carbocycles. The van der Waals surface area contributed by atoms with Crippen LogP contribution in [0.5, 0.6) is 5.75 Å². The SMILES string of the molecule is COc1cccc(NC(=O)[C@H]2[C@@H]3C=C[C@]4(O3)[C@@H]2C(=O)N(CCC(C)C)[C@@H]4C(=O)NC2CCCCC2)c1. The Balaban J connectivity index is 1.42. The highest BCUT2D eigenvalue weighted by atomic mass is 16.5. The van der Waals surface area contributed by atoms with Crippen molar-refractivity contribution >= 4 is 23.4 Å². The van der Waals surface area contributed by atoms with Crippen molar-refractivity contribution in [1.29, 1.82) is 0 Å². The van der Waals surface area contributed by atoms with Crippen molar-refractivity contribution in [3.8, 4) is 5.75 Å². The van der Waals surface area contributed by atoms with E-state index in [4.69, 9.17) is 9.47 Å². The summed E-state index contributed by atoms with van der Waals surface area (Å²) in [6.45, 7) is 4.66. The van der Waals surface area contributed by atoms with Crippen LogP contribution in [-0.2, 0) is 19.1 Å². The van der Waals surface area contributed by atoms with Crippen molar-refractivity contribution in [2.75, 3.05) is 19.0 Å². The van der Waals surface area contributed by atoms with Crippen molar-refractivity contribution in [2.24, 2.45) is 17.8 Å². The van der Waals surface area contributed by atoms with Crippen LogP contribution in [0.25, 0.3) is 0 Å². The number of nitrogens with one attached hydrogen (secondary N) is 2. The van der Waals surface area contributed by atoms with E-state index >= 15 is 0 Å². The average molecular weight is 496 g/mol. The zero-order chi connectivity index (χ0) is 25.4. The molecule has 2 bridgehead atoms. The first kappa shape index (κ1) is 24.8. The molecule has 0 aromatic heterocycles. The molecule has 3 fully saturated rings. The number of methoxy groups -OCH3 is 1. The predicted octanol–water partition coefficient (Wildman–Crippen LogP) is 3.28. The molecule has 8 nitrogen and oxygen atoms in total. The van der Waals surface area contributed by atoms with E-state index in [0.717, 1.165) is 32.1 Å². The maximum absolute atomic E-state index is 13.9. The van der Waals surface area contributed by atoms with Crippen molar-refractivity contribution in [2.45, 2.75) is 76.2 Å². The summed E-state index contributed by atoms with van der Waals surface area (Å²) in [5.41, 5.74) is -0.526.